The van der Waals surface area contributed by atoms with Crippen LogP contribution in [-0.2, 0) is 4.74 Å². The minimum Gasteiger partial charge on any atom is -0.384 e. The summed E-state index contributed by atoms with van der Waals surface area (Å²) in [7, 11) is 1.71. The van der Waals surface area contributed by atoms with E-state index in [-0.39, 0.29) is 12.0 Å². The molecule has 20 heavy (non-hydrogen) atoms. The Labute approximate surface area is 120 Å². The Balaban J connectivity index is 2.11. The van der Waals surface area contributed by atoms with E-state index < -0.39 is 0 Å². The summed E-state index contributed by atoms with van der Waals surface area (Å²) in [5.41, 5.74) is 1.52. The highest BCUT2D eigenvalue weighted by atomic mass is 16.5. The van der Waals surface area contributed by atoms with E-state index in [1.165, 1.54) is 0 Å². The number of carbonyl (C=O) groups excluding carboxylic acids is 1. The molecular formula is C15H23N3O2. The summed E-state index contributed by atoms with van der Waals surface area (Å²) in [4.78, 5) is 18.6. The van der Waals surface area contributed by atoms with Crippen LogP contribution >= 0.6 is 0 Å². The molecule has 110 valence electrons. The molecule has 5 nitrogen and oxygen atoms in total. The number of anilines is 1. The second-order valence-electron chi connectivity index (χ2n) is 5.10. The first kappa shape index (κ1) is 14.8. The summed E-state index contributed by atoms with van der Waals surface area (Å²) in [6.45, 7) is 4.41. The molecule has 2 heterocycles. The first-order valence-electron chi connectivity index (χ1n) is 7.26. The van der Waals surface area contributed by atoms with E-state index in [4.69, 9.17) is 4.74 Å². The highest BCUT2D eigenvalue weighted by Crippen LogP contribution is 2.20. The van der Waals surface area contributed by atoms with Crippen LogP contribution in [0.5, 0.6) is 0 Å². The molecule has 0 radical (unpaired) electrons. The maximum atomic E-state index is 12.6. The molecule has 1 N–H and O–H groups in total. The number of aromatic nitrogens is 1. The van der Waals surface area contributed by atoms with Crippen molar-refractivity contribution in [3.63, 3.8) is 0 Å². The van der Waals surface area contributed by atoms with Crippen molar-refractivity contribution in [2.45, 2.75) is 32.3 Å². The fourth-order valence-corrected chi connectivity index (χ4v) is 2.46. The van der Waals surface area contributed by atoms with E-state index in [9.17, 15) is 4.79 Å². The monoisotopic (exact) mass is 277 g/mol. The summed E-state index contributed by atoms with van der Waals surface area (Å²) in [6.07, 6.45) is 6.54. The largest absolute Gasteiger partial charge is 0.384 e. The molecule has 5 heteroatoms. The topological polar surface area (TPSA) is 54.5 Å². The molecule has 0 spiro atoms. The highest BCUT2D eigenvalue weighted by molar-refractivity contribution is 5.99. The quantitative estimate of drug-likeness (QED) is 0.896. The Morgan fingerprint density at radius 1 is 1.60 bits per heavy atom. The molecule has 0 aromatic carbocycles. The number of methoxy groups -OCH3 is 1. The van der Waals surface area contributed by atoms with E-state index in [0.717, 1.165) is 38.0 Å². The number of ether oxygens (including phenoxy) is 1. The number of carbonyl (C=O) groups is 1. The van der Waals surface area contributed by atoms with Gasteiger partial charge in [-0.15, -0.1) is 0 Å². The lowest BCUT2D eigenvalue weighted by Gasteiger charge is -2.32. The van der Waals surface area contributed by atoms with Gasteiger partial charge in [-0.1, -0.05) is 6.92 Å². The van der Waals surface area contributed by atoms with E-state index in [1.54, 1.807) is 19.5 Å². The lowest BCUT2D eigenvalue weighted by atomic mass is 10.1. The normalized spacial score (nSPS) is 18.9. The van der Waals surface area contributed by atoms with Gasteiger partial charge in [-0.25, -0.2) is 0 Å². The Morgan fingerprint density at radius 3 is 3.20 bits per heavy atom. The molecule has 1 aliphatic heterocycles. The van der Waals surface area contributed by atoms with Gasteiger partial charge in [-0.2, -0.15) is 0 Å². The van der Waals surface area contributed by atoms with Crippen LogP contribution in [0.1, 0.15) is 36.5 Å². The van der Waals surface area contributed by atoms with Crippen LogP contribution in [0, 0.1) is 0 Å². The third-order valence-electron chi connectivity index (χ3n) is 3.62. The molecule has 2 rings (SSSR count). The van der Waals surface area contributed by atoms with Crippen molar-refractivity contribution in [3.05, 3.63) is 24.0 Å². The van der Waals surface area contributed by atoms with Gasteiger partial charge in [-0.05, 0) is 25.3 Å². The van der Waals surface area contributed by atoms with Crippen LogP contribution in [0.4, 0.5) is 5.69 Å². The Kier molecular flexibility index (Phi) is 5.35. The molecule has 1 aliphatic rings. The van der Waals surface area contributed by atoms with E-state index >= 15 is 0 Å². The van der Waals surface area contributed by atoms with Crippen LogP contribution in [0.2, 0.25) is 0 Å². The average Bonchev–Trinajstić information content (AvgIpc) is 2.52. The number of amides is 1. The van der Waals surface area contributed by atoms with Crippen LogP contribution in [0.25, 0.3) is 0 Å². The molecule has 1 saturated heterocycles. The van der Waals surface area contributed by atoms with Gasteiger partial charge in [0.25, 0.3) is 5.91 Å². The van der Waals surface area contributed by atoms with E-state index in [0.29, 0.717) is 12.1 Å². The summed E-state index contributed by atoms with van der Waals surface area (Å²) >= 11 is 0. The minimum absolute atomic E-state index is 0.0402. The Morgan fingerprint density at radius 2 is 2.45 bits per heavy atom. The number of piperidine rings is 1. The van der Waals surface area contributed by atoms with Gasteiger partial charge >= 0.3 is 0 Å². The highest BCUT2D eigenvalue weighted by Gasteiger charge is 2.25. The smallest absolute Gasteiger partial charge is 0.257 e. The van der Waals surface area contributed by atoms with Gasteiger partial charge in [0.15, 0.2) is 0 Å². The summed E-state index contributed by atoms with van der Waals surface area (Å²) in [5.74, 6) is 0.0402. The number of rotatable bonds is 5. The zero-order chi connectivity index (χ0) is 14.4. The van der Waals surface area contributed by atoms with Crippen molar-refractivity contribution >= 4 is 11.6 Å². The standard InChI is InChI=1S/C15H23N3O2/c1-3-7-17-14-6-8-16-10-13(14)15(19)18-9-4-5-12(11-18)20-2/h6,8,10,12H,3-5,7,9,11H2,1-2H3,(H,16,17). The van der Waals surface area contributed by atoms with Crippen LogP contribution in [0.3, 0.4) is 0 Å². The average molecular weight is 277 g/mol. The molecule has 0 bridgehead atoms. The zero-order valence-corrected chi connectivity index (χ0v) is 12.3. The molecule has 1 atom stereocenters. The number of likely N-dealkylation sites (tertiary alicyclic amines) is 1. The number of nitrogens with one attached hydrogen (secondary N) is 1. The van der Waals surface area contributed by atoms with E-state index in [2.05, 4.69) is 17.2 Å². The van der Waals surface area contributed by atoms with Gasteiger partial charge in [0.1, 0.15) is 0 Å². The van der Waals surface area contributed by atoms with Crippen molar-refractivity contribution in [1.82, 2.24) is 9.88 Å². The number of hydrogen-bond acceptors (Lipinski definition) is 4. The second kappa shape index (κ2) is 7.24. The van der Waals surface area contributed by atoms with Gasteiger partial charge in [0.05, 0.1) is 17.4 Å². The predicted molar refractivity (Wildman–Crippen MR) is 79.0 cm³/mol. The van der Waals surface area contributed by atoms with Crippen molar-refractivity contribution < 1.29 is 9.53 Å². The van der Waals surface area contributed by atoms with Gasteiger partial charge in [-0.3, -0.25) is 9.78 Å². The molecule has 1 unspecified atom stereocenters. The Hall–Kier alpha value is -1.62. The lowest BCUT2D eigenvalue weighted by molar-refractivity contribution is 0.0269. The van der Waals surface area contributed by atoms with Crippen molar-refractivity contribution in [2.75, 3.05) is 32.1 Å². The third-order valence-corrected chi connectivity index (χ3v) is 3.62. The molecule has 1 aromatic rings. The molecule has 1 aromatic heterocycles. The summed E-state index contributed by atoms with van der Waals surface area (Å²) in [6, 6.07) is 1.86. The maximum absolute atomic E-state index is 12.6. The number of nitrogens with zero attached hydrogens (tertiary/aromatic N) is 2. The molecule has 1 fully saturated rings. The summed E-state index contributed by atoms with van der Waals surface area (Å²) < 4.78 is 5.38. The first-order chi connectivity index (χ1) is 9.76. The zero-order valence-electron chi connectivity index (χ0n) is 12.3. The number of pyridine rings is 1. The maximum Gasteiger partial charge on any atom is 0.257 e. The van der Waals surface area contributed by atoms with Gasteiger partial charge < -0.3 is 15.0 Å². The SMILES string of the molecule is CCCNc1ccncc1C(=O)N1CCCC(OC)C1. The van der Waals surface area contributed by atoms with Crippen molar-refractivity contribution in [3.8, 4) is 0 Å². The fraction of sp³-hybridized carbons (Fsp3) is 0.600. The number of hydrogen-bond donors (Lipinski definition) is 1. The molecular weight excluding hydrogens is 254 g/mol. The Bertz CT molecular complexity index is 450. The van der Waals surface area contributed by atoms with E-state index in [1.807, 2.05) is 11.0 Å². The van der Waals surface area contributed by atoms with Gasteiger partial charge in [0.2, 0.25) is 0 Å². The molecule has 0 aliphatic carbocycles. The fourth-order valence-electron chi connectivity index (χ4n) is 2.46. The summed E-state index contributed by atoms with van der Waals surface area (Å²) in [5, 5.41) is 3.29. The van der Waals surface area contributed by atoms with Gasteiger partial charge in [0, 0.05) is 39.1 Å². The third kappa shape index (κ3) is 3.48. The van der Waals surface area contributed by atoms with Crippen LogP contribution in [-0.4, -0.2) is 48.6 Å². The lowest BCUT2D eigenvalue weighted by Crippen LogP contribution is -2.43. The van der Waals surface area contributed by atoms with Crippen molar-refractivity contribution in [1.29, 1.82) is 0 Å². The van der Waals surface area contributed by atoms with Crippen LogP contribution in [0.15, 0.2) is 18.5 Å². The minimum atomic E-state index is 0.0402. The molecule has 0 saturated carbocycles. The first-order valence-corrected chi connectivity index (χ1v) is 7.26. The van der Waals surface area contributed by atoms with Crippen molar-refractivity contribution in [2.24, 2.45) is 0 Å². The van der Waals surface area contributed by atoms with Crippen LogP contribution < -0.4 is 5.32 Å². The molecule has 1 amide bonds. The second-order valence-corrected chi connectivity index (χ2v) is 5.10. The predicted octanol–water partition coefficient (Wildman–Crippen LogP) is 2.15.